The van der Waals surface area contributed by atoms with E-state index in [0.717, 1.165) is 11.3 Å². The molecule has 0 bridgehead atoms. The van der Waals surface area contributed by atoms with Crippen molar-refractivity contribution in [3.63, 3.8) is 0 Å². The van der Waals surface area contributed by atoms with Crippen LogP contribution in [0.25, 0.3) is 11.3 Å². The van der Waals surface area contributed by atoms with Gasteiger partial charge in [0.25, 0.3) is 5.91 Å². The minimum Gasteiger partial charge on any atom is -0.351 e. The van der Waals surface area contributed by atoms with Gasteiger partial charge >= 0.3 is 0 Å². The van der Waals surface area contributed by atoms with Crippen molar-refractivity contribution >= 4 is 11.6 Å². The van der Waals surface area contributed by atoms with E-state index in [1.807, 2.05) is 37.3 Å². The lowest BCUT2D eigenvalue weighted by molar-refractivity contribution is 0.0988. The second-order valence-electron chi connectivity index (χ2n) is 4.27. The number of carbonyl (C=O) groups is 1. The fourth-order valence-electron chi connectivity index (χ4n) is 1.90. The fourth-order valence-corrected chi connectivity index (χ4v) is 1.90. The molecule has 0 saturated carbocycles. The number of aryl methyl sites for hydroxylation is 1. The van der Waals surface area contributed by atoms with Crippen molar-refractivity contribution in [2.75, 3.05) is 5.32 Å². The molecule has 20 heavy (non-hydrogen) atoms. The van der Waals surface area contributed by atoms with Crippen molar-refractivity contribution < 1.29 is 9.32 Å². The van der Waals surface area contributed by atoms with Crippen LogP contribution < -0.4 is 5.32 Å². The van der Waals surface area contributed by atoms with Gasteiger partial charge in [-0.2, -0.15) is 5.10 Å². The van der Waals surface area contributed by atoms with E-state index in [4.69, 9.17) is 4.52 Å². The van der Waals surface area contributed by atoms with Crippen molar-refractivity contribution in [3.8, 4) is 11.3 Å². The number of carbonyl (C=O) groups excluding carboxylic acids is 1. The van der Waals surface area contributed by atoms with Crippen LogP contribution in [-0.4, -0.2) is 21.3 Å². The van der Waals surface area contributed by atoms with Crippen LogP contribution >= 0.6 is 0 Å². The molecule has 6 nitrogen and oxygen atoms in total. The number of nitrogens with zero attached hydrogens (tertiary/aromatic N) is 2. The molecule has 0 saturated heterocycles. The number of amides is 1. The maximum atomic E-state index is 12.0. The number of nitrogens with one attached hydrogen (secondary N) is 2. The van der Waals surface area contributed by atoms with Gasteiger partial charge in [0.2, 0.25) is 5.76 Å². The summed E-state index contributed by atoms with van der Waals surface area (Å²) >= 11 is 0. The number of rotatable bonds is 3. The van der Waals surface area contributed by atoms with Gasteiger partial charge in [0.1, 0.15) is 5.69 Å². The molecule has 3 aromatic rings. The van der Waals surface area contributed by atoms with Crippen LogP contribution in [0.5, 0.6) is 0 Å². The molecule has 100 valence electrons. The molecule has 0 aliphatic carbocycles. The summed E-state index contributed by atoms with van der Waals surface area (Å²) in [4.78, 5) is 12.0. The quantitative estimate of drug-likeness (QED) is 0.764. The van der Waals surface area contributed by atoms with Gasteiger partial charge in [-0.1, -0.05) is 35.5 Å². The third-order valence-corrected chi connectivity index (χ3v) is 2.89. The first-order valence-corrected chi connectivity index (χ1v) is 6.08. The minimum atomic E-state index is -0.357. The lowest BCUT2D eigenvalue weighted by Gasteiger charge is -2.05. The molecule has 3 rings (SSSR count). The average molecular weight is 268 g/mol. The average Bonchev–Trinajstić information content (AvgIpc) is 3.11. The van der Waals surface area contributed by atoms with Crippen LogP contribution in [0.4, 0.5) is 5.69 Å². The highest BCUT2D eigenvalue weighted by Crippen LogP contribution is 2.28. The molecule has 1 amide bonds. The van der Waals surface area contributed by atoms with Crippen LogP contribution in [-0.2, 0) is 0 Å². The van der Waals surface area contributed by atoms with E-state index in [0.29, 0.717) is 11.4 Å². The van der Waals surface area contributed by atoms with Crippen LogP contribution in [0.1, 0.15) is 16.2 Å². The zero-order chi connectivity index (χ0) is 13.9. The second-order valence-corrected chi connectivity index (χ2v) is 4.27. The van der Waals surface area contributed by atoms with E-state index in [1.165, 1.54) is 12.3 Å². The summed E-state index contributed by atoms with van der Waals surface area (Å²) < 4.78 is 4.84. The third kappa shape index (κ3) is 2.18. The van der Waals surface area contributed by atoms with E-state index in [2.05, 4.69) is 20.7 Å². The summed E-state index contributed by atoms with van der Waals surface area (Å²) in [5, 5.41) is 13.4. The standard InChI is InChI=1S/C14H12N4O2/c1-9-12(16-14(19)11-7-8-15-20-11)13(18-17-9)10-5-3-2-4-6-10/h2-8H,1H3,(H,16,19)(H,17,18). The van der Waals surface area contributed by atoms with Crippen LogP contribution in [0, 0.1) is 6.92 Å². The Kier molecular flexibility index (Phi) is 3.04. The monoisotopic (exact) mass is 268 g/mol. The molecule has 0 aliphatic heterocycles. The summed E-state index contributed by atoms with van der Waals surface area (Å²) in [7, 11) is 0. The maximum Gasteiger partial charge on any atom is 0.294 e. The SMILES string of the molecule is Cc1[nH]nc(-c2ccccc2)c1NC(=O)c1ccno1. The van der Waals surface area contributed by atoms with Crippen molar-refractivity contribution in [1.29, 1.82) is 0 Å². The van der Waals surface area contributed by atoms with Gasteiger partial charge < -0.3 is 9.84 Å². The Morgan fingerprint density at radius 3 is 2.75 bits per heavy atom. The molecule has 0 spiro atoms. The summed E-state index contributed by atoms with van der Waals surface area (Å²) in [6.45, 7) is 1.84. The zero-order valence-electron chi connectivity index (χ0n) is 10.8. The first kappa shape index (κ1) is 12.2. The van der Waals surface area contributed by atoms with Gasteiger partial charge in [-0.15, -0.1) is 0 Å². The Balaban J connectivity index is 1.94. The highest BCUT2D eigenvalue weighted by Gasteiger charge is 2.17. The highest BCUT2D eigenvalue weighted by atomic mass is 16.5. The molecular formula is C14H12N4O2. The number of benzene rings is 1. The van der Waals surface area contributed by atoms with Gasteiger partial charge in [-0.3, -0.25) is 9.89 Å². The van der Waals surface area contributed by atoms with Crippen LogP contribution in [0.2, 0.25) is 0 Å². The molecule has 0 radical (unpaired) electrons. The Hall–Kier alpha value is -2.89. The number of H-pyrrole nitrogens is 1. The summed E-state index contributed by atoms with van der Waals surface area (Å²) in [6.07, 6.45) is 1.43. The van der Waals surface area contributed by atoms with Crippen molar-refractivity contribution in [1.82, 2.24) is 15.4 Å². The summed E-state index contributed by atoms with van der Waals surface area (Å²) in [5.41, 5.74) is 3.02. The largest absolute Gasteiger partial charge is 0.351 e. The molecule has 2 heterocycles. The van der Waals surface area contributed by atoms with Crippen LogP contribution in [0.3, 0.4) is 0 Å². The number of anilines is 1. The molecule has 0 unspecified atom stereocenters. The van der Waals surface area contributed by atoms with Crippen LogP contribution in [0.15, 0.2) is 47.1 Å². The molecule has 0 fully saturated rings. The summed E-state index contributed by atoms with van der Waals surface area (Å²) in [6, 6.07) is 11.1. The van der Waals surface area contributed by atoms with Gasteiger partial charge in [0.05, 0.1) is 17.6 Å². The Morgan fingerprint density at radius 2 is 2.05 bits per heavy atom. The molecule has 1 aromatic carbocycles. The molecular weight excluding hydrogens is 256 g/mol. The van der Waals surface area contributed by atoms with E-state index in [1.54, 1.807) is 0 Å². The lowest BCUT2D eigenvalue weighted by Crippen LogP contribution is -2.11. The van der Waals surface area contributed by atoms with Gasteiger partial charge in [0, 0.05) is 11.6 Å². The Morgan fingerprint density at radius 1 is 1.25 bits per heavy atom. The van der Waals surface area contributed by atoms with Gasteiger partial charge in [-0.25, -0.2) is 0 Å². The van der Waals surface area contributed by atoms with Crippen molar-refractivity contribution in [2.24, 2.45) is 0 Å². The Bertz CT molecular complexity index is 717. The van der Waals surface area contributed by atoms with E-state index >= 15 is 0 Å². The summed E-state index contributed by atoms with van der Waals surface area (Å²) in [5.74, 6) is -0.200. The van der Waals surface area contributed by atoms with Gasteiger partial charge in [0.15, 0.2) is 0 Å². The number of aromatic amines is 1. The van der Waals surface area contributed by atoms with Gasteiger partial charge in [-0.05, 0) is 6.92 Å². The van der Waals surface area contributed by atoms with E-state index in [9.17, 15) is 4.79 Å². The number of hydrogen-bond donors (Lipinski definition) is 2. The number of hydrogen-bond acceptors (Lipinski definition) is 4. The van der Waals surface area contributed by atoms with Crippen molar-refractivity contribution in [3.05, 3.63) is 54.0 Å². The van der Waals surface area contributed by atoms with Crippen molar-refractivity contribution in [2.45, 2.75) is 6.92 Å². The number of aromatic nitrogens is 3. The first-order valence-electron chi connectivity index (χ1n) is 6.08. The topological polar surface area (TPSA) is 83.8 Å². The first-order chi connectivity index (χ1) is 9.75. The smallest absolute Gasteiger partial charge is 0.294 e. The van der Waals surface area contributed by atoms with E-state index < -0.39 is 0 Å². The predicted octanol–water partition coefficient (Wildman–Crippen LogP) is 2.63. The zero-order valence-corrected chi connectivity index (χ0v) is 10.8. The normalized spacial score (nSPS) is 10.4. The third-order valence-electron chi connectivity index (χ3n) is 2.89. The second kappa shape index (κ2) is 5.00. The Labute approximate surface area is 114 Å². The molecule has 0 atom stereocenters. The maximum absolute atomic E-state index is 12.0. The van der Waals surface area contributed by atoms with E-state index in [-0.39, 0.29) is 11.7 Å². The molecule has 6 heteroatoms. The molecule has 2 N–H and O–H groups in total. The predicted molar refractivity (Wildman–Crippen MR) is 73.2 cm³/mol. The highest BCUT2D eigenvalue weighted by molar-refractivity contribution is 6.04. The molecule has 2 aromatic heterocycles. The fraction of sp³-hybridized carbons (Fsp3) is 0.0714. The molecule has 0 aliphatic rings. The minimum absolute atomic E-state index is 0.157. The lowest BCUT2D eigenvalue weighted by atomic mass is 10.1.